The van der Waals surface area contributed by atoms with Crippen molar-refractivity contribution in [2.24, 2.45) is 7.05 Å². The SMILES string of the molecule is Cn1nc2c(c1Nc1nccc(-c3cc(C#N)c4c(c3)C(C)(CO[Si](C)(C)C(C)(C)C)CN4)n1)CCC2. The second-order valence-corrected chi connectivity index (χ2v) is 17.0. The molecule has 1 unspecified atom stereocenters. The van der Waals surface area contributed by atoms with E-state index < -0.39 is 8.32 Å². The molecule has 194 valence electrons. The summed E-state index contributed by atoms with van der Waals surface area (Å²) in [5.41, 5.74) is 6.49. The van der Waals surface area contributed by atoms with E-state index in [4.69, 9.17) is 9.41 Å². The molecular formula is C28H37N7OSi. The molecule has 1 aliphatic carbocycles. The van der Waals surface area contributed by atoms with Gasteiger partial charge in [0, 0.05) is 42.9 Å². The fraction of sp³-hybridized carbons (Fsp3) is 0.500. The van der Waals surface area contributed by atoms with Crippen LogP contribution >= 0.6 is 0 Å². The Bertz CT molecular complexity index is 1400. The molecule has 1 atom stereocenters. The second kappa shape index (κ2) is 8.96. The lowest BCUT2D eigenvalue weighted by molar-refractivity contribution is 0.220. The van der Waals surface area contributed by atoms with Gasteiger partial charge in [-0.05, 0) is 61.2 Å². The highest BCUT2D eigenvalue weighted by Gasteiger charge is 2.42. The van der Waals surface area contributed by atoms with Crippen LogP contribution in [0.1, 0.15) is 56.5 Å². The van der Waals surface area contributed by atoms with Gasteiger partial charge < -0.3 is 15.1 Å². The minimum absolute atomic E-state index is 0.135. The number of rotatable bonds is 6. The van der Waals surface area contributed by atoms with E-state index in [9.17, 15) is 5.26 Å². The Balaban J connectivity index is 1.47. The number of hydrogen-bond acceptors (Lipinski definition) is 7. The van der Waals surface area contributed by atoms with E-state index in [0.29, 0.717) is 18.1 Å². The van der Waals surface area contributed by atoms with Crippen LogP contribution in [-0.4, -0.2) is 41.2 Å². The molecule has 0 radical (unpaired) electrons. The molecule has 5 rings (SSSR count). The number of nitriles is 1. The van der Waals surface area contributed by atoms with Crippen molar-refractivity contribution in [1.82, 2.24) is 19.7 Å². The Morgan fingerprint density at radius 2 is 2.05 bits per heavy atom. The summed E-state index contributed by atoms with van der Waals surface area (Å²) in [4.78, 5) is 9.31. The van der Waals surface area contributed by atoms with Crippen LogP contribution in [0.2, 0.25) is 18.1 Å². The zero-order valence-electron chi connectivity index (χ0n) is 23.0. The Kier molecular flexibility index (Phi) is 6.16. The molecule has 0 fully saturated rings. The largest absolute Gasteiger partial charge is 0.416 e. The van der Waals surface area contributed by atoms with Gasteiger partial charge in [-0.1, -0.05) is 27.7 Å². The Morgan fingerprint density at radius 3 is 2.78 bits per heavy atom. The predicted octanol–water partition coefficient (Wildman–Crippen LogP) is 5.69. The van der Waals surface area contributed by atoms with E-state index in [1.54, 1.807) is 6.20 Å². The molecule has 0 amide bonds. The normalized spacial score (nSPS) is 18.8. The number of fused-ring (bicyclic) bond motifs is 2. The van der Waals surface area contributed by atoms with E-state index in [-0.39, 0.29) is 10.5 Å². The van der Waals surface area contributed by atoms with Crippen molar-refractivity contribution < 1.29 is 4.43 Å². The quantitative estimate of drug-likeness (QED) is 0.407. The van der Waals surface area contributed by atoms with Crippen LogP contribution in [0.15, 0.2) is 24.4 Å². The van der Waals surface area contributed by atoms with Crippen molar-refractivity contribution >= 4 is 25.8 Å². The third-order valence-electron chi connectivity index (χ3n) is 8.37. The van der Waals surface area contributed by atoms with Gasteiger partial charge in [-0.15, -0.1) is 0 Å². The monoisotopic (exact) mass is 515 g/mol. The summed E-state index contributed by atoms with van der Waals surface area (Å²) in [6, 6.07) is 8.37. The summed E-state index contributed by atoms with van der Waals surface area (Å²) >= 11 is 0. The number of aryl methyl sites for hydroxylation is 2. The minimum Gasteiger partial charge on any atom is -0.416 e. The van der Waals surface area contributed by atoms with Crippen LogP contribution in [0.5, 0.6) is 0 Å². The molecule has 1 aliphatic heterocycles. The van der Waals surface area contributed by atoms with Crippen LogP contribution in [0, 0.1) is 11.3 Å². The first-order valence-electron chi connectivity index (χ1n) is 13.0. The summed E-state index contributed by atoms with van der Waals surface area (Å²) in [6.07, 6.45) is 4.93. The first-order valence-corrected chi connectivity index (χ1v) is 15.9. The van der Waals surface area contributed by atoms with Gasteiger partial charge in [0.1, 0.15) is 11.9 Å². The molecule has 8 nitrogen and oxygen atoms in total. The van der Waals surface area contributed by atoms with Crippen molar-refractivity contribution in [3.63, 3.8) is 0 Å². The van der Waals surface area contributed by atoms with Crippen LogP contribution in [0.25, 0.3) is 11.3 Å². The van der Waals surface area contributed by atoms with Gasteiger partial charge in [0.15, 0.2) is 8.32 Å². The average Bonchev–Trinajstić information content (AvgIpc) is 3.52. The van der Waals surface area contributed by atoms with Crippen molar-refractivity contribution in [3.05, 3.63) is 46.8 Å². The highest BCUT2D eigenvalue weighted by molar-refractivity contribution is 6.74. The van der Waals surface area contributed by atoms with E-state index in [1.165, 1.54) is 5.56 Å². The van der Waals surface area contributed by atoms with E-state index in [1.807, 2.05) is 23.9 Å². The van der Waals surface area contributed by atoms with Crippen molar-refractivity contribution in [2.45, 2.75) is 70.5 Å². The molecule has 3 heterocycles. The zero-order chi connectivity index (χ0) is 26.6. The maximum Gasteiger partial charge on any atom is 0.228 e. The van der Waals surface area contributed by atoms with Crippen molar-refractivity contribution in [1.29, 1.82) is 5.26 Å². The Morgan fingerprint density at radius 1 is 1.27 bits per heavy atom. The van der Waals surface area contributed by atoms with Crippen molar-refractivity contribution in [3.8, 4) is 17.3 Å². The zero-order valence-corrected chi connectivity index (χ0v) is 24.0. The lowest BCUT2D eigenvalue weighted by Crippen LogP contribution is -2.45. The molecular weight excluding hydrogens is 478 g/mol. The van der Waals surface area contributed by atoms with Crippen LogP contribution in [0.4, 0.5) is 17.5 Å². The minimum atomic E-state index is -1.92. The molecule has 3 aromatic rings. The molecule has 0 saturated heterocycles. The van der Waals surface area contributed by atoms with E-state index in [2.05, 4.69) is 73.6 Å². The highest BCUT2D eigenvalue weighted by atomic mass is 28.4. The van der Waals surface area contributed by atoms with Crippen LogP contribution in [-0.2, 0) is 29.7 Å². The van der Waals surface area contributed by atoms with Gasteiger partial charge >= 0.3 is 0 Å². The number of aromatic nitrogens is 4. The van der Waals surface area contributed by atoms with Crippen LogP contribution in [0.3, 0.4) is 0 Å². The van der Waals surface area contributed by atoms with Gasteiger partial charge in [-0.2, -0.15) is 10.4 Å². The number of anilines is 3. The van der Waals surface area contributed by atoms with Gasteiger partial charge in [-0.25, -0.2) is 9.97 Å². The predicted molar refractivity (Wildman–Crippen MR) is 150 cm³/mol. The molecule has 1 aromatic carbocycles. The molecule has 9 heteroatoms. The number of hydrogen-bond donors (Lipinski definition) is 2. The summed E-state index contributed by atoms with van der Waals surface area (Å²) in [5.74, 6) is 1.48. The van der Waals surface area contributed by atoms with Gasteiger partial charge in [0.2, 0.25) is 5.95 Å². The third-order valence-corrected chi connectivity index (χ3v) is 12.9. The summed E-state index contributed by atoms with van der Waals surface area (Å²) < 4.78 is 8.53. The summed E-state index contributed by atoms with van der Waals surface area (Å²) in [5, 5.41) is 21.7. The molecule has 0 spiro atoms. The van der Waals surface area contributed by atoms with Gasteiger partial charge in [0.25, 0.3) is 0 Å². The van der Waals surface area contributed by atoms with Gasteiger partial charge in [-0.3, -0.25) is 4.68 Å². The number of nitrogens with zero attached hydrogens (tertiary/aromatic N) is 5. The Hall–Kier alpha value is -3.22. The summed E-state index contributed by atoms with van der Waals surface area (Å²) in [7, 11) is 0.0283. The number of benzene rings is 1. The molecule has 37 heavy (non-hydrogen) atoms. The second-order valence-electron chi connectivity index (χ2n) is 12.2. The molecule has 0 saturated carbocycles. The first-order chi connectivity index (χ1) is 17.4. The maximum absolute atomic E-state index is 9.99. The molecule has 2 aromatic heterocycles. The van der Waals surface area contributed by atoms with Gasteiger partial charge in [0.05, 0.1) is 22.6 Å². The lowest BCUT2D eigenvalue weighted by Gasteiger charge is -2.39. The first kappa shape index (κ1) is 25.4. The molecule has 2 aliphatic rings. The molecule has 0 bridgehead atoms. The van der Waals surface area contributed by atoms with Crippen LogP contribution < -0.4 is 10.6 Å². The standard InChI is InChI=1S/C28H37N7OSi/c1-27(2,3)37(6,7)36-17-28(4)16-31-24-19(15-29)13-18(14-21(24)28)22-11-12-30-26(32-22)33-25-20-9-8-10-23(20)34-35(25)5/h11-14,31H,8-10,16-17H2,1-7H3,(H,30,32,33). The third kappa shape index (κ3) is 4.53. The smallest absolute Gasteiger partial charge is 0.228 e. The van der Waals surface area contributed by atoms with E-state index >= 15 is 0 Å². The lowest BCUT2D eigenvalue weighted by atomic mass is 9.83. The summed E-state index contributed by atoms with van der Waals surface area (Å²) in [6.45, 7) is 14.9. The average molecular weight is 516 g/mol. The van der Waals surface area contributed by atoms with E-state index in [0.717, 1.165) is 59.8 Å². The van der Waals surface area contributed by atoms with Crippen molar-refractivity contribution in [2.75, 3.05) is 23.8 Å². The molecule has 2 N–H and O–H groups in total. The Labute approximate surface area is 220 Å². The fourth-order valence-electron chi connectivity index (χ4n) is 4.97. The fourth-order valence-corrected chi connectivity index (χ4v) is 6.08. The maximum atomic E-state index is 9.99. The topological polar surface area (TPSA) is 101 Å². The number of nitrogens with one attached hydrogen (secondary N) is 2. The highest BCUT2D eigenvalue weighted by Crippen LogP contribution is 2.44.